The van der Waals surface area contributed by atoms with Crippen LogP contribution < -0.4 is 5.32 Å². The highest BCUT2D eigenvalue weighted by Gasteiger charge is 2.52. The Bertz CT molecular complexity index is 253. The van der Waals surface area contributed by atoms with Crippen molar-refractivity contribution in [1.29, 1.82) is 0 Å². The molecule has 0 aromatic carbocycles. The van der Waals surface area contributed by atoms with Gasteiger partial charge in [0.05, 0.1) is 6.54 Å². The van der Waals surface area contributed by atoms with E-state index in [4.69, 9.17) is 4.74 Å². The van der Waals surface area contributed by atoms with E-state index < -0.39 is 0 Å². The van der Waals surface area contributed by atoms with Crippen LogP contribution in [0.25, 0.3) is 0 Å². The molecule has 2 bridgehead atoms. The van der Waals surface area contributed by atoms with E-state index in [0.29, 0.717) is 12.5 Å². The first-order valence-electron chi connectivity index (χ1n) is 4.98. The van der Waals surface area contributed by atoms with Crippen LogP contribution in [-0.2, 0) is 4.74 Å². The number of nitrogens with zero attached hydrogens (tertiary/aromatic N) is 1. The van der Waals surface area contributed by atoms with Crippen LogP contribution in [0.4, 0.5) is 4.79 Å². The summed E-state index contributed by atoms with van der Waals surface area (Å²) in [6.45, 7) is 4.03. The number of rotatable bonds is 0. The first kappa shape index (κ1) is 10.1. The number of piperidine rings is 3. The number of carbonyl (C=O) groups excluding carboxylic acids is 1. The average Bonchev–Trinajstić information content (AvgIpc) is 2.49. The van der Waals surface area contributed by atoms with E-state index in [-0.39, 0.29) is 24.1 Å². The molecular weight excluding hydrogens is 204 g/mol. The molecule has 0 radical (unpaired) electrons. The third-order valence-corrected chi connectivity index (χ3v) is 3.65. The Hall–Kier alpha value is -0.480. The summed E-state index contributed by atoms with van der Waals surface area (Å²) in [5, 5.41) is 2.78. The Labute approximate surface area is 89.4 Å². The van der Waals surface area contributed by atoms with Crippen molar-refractivity contribution in [3.8, 4) is 0 Å². The van der Waals surface area contributed by atoms with Crippen molar-refractivity contribution in [1.82, 2.24) is 10.2 Å². The molecule has 4 nitrogen and oxygen atoms in total. The maximum Gasteiger partial charge on any atom is 0.407 e. The van der Waals surface area contributed by atoms with E-state index in [1.165, 1.54) is 25.9 Å². The monoisotopic (exact) mass is 218 g/mol. The molecule has 0 saturated carbocycles. The fourth-order valence-corrected chi connectivity index (χ4v) is 2.92. The molecule has 4 aliphatic heterocycles. The van der Waals surface area contributed by atoms with Crippen molar-refractivity contribution in [2.24, 2.45) is 5.92 Å². The van der Waals surface area contributed by atoms with Crippen LogP contribution in [0.1, 0.15) is 12.8 Å². The summed E-state index contributed by atoms with van der Waals surface area (Å²) in [6.07, 6.45) is 2.15. The summed E-state index contributed by atoms with van der Waals surface area (Å²) in [4.78, 5) is 13.4. The van der Waals surface area contributed by atoms with Gasteiger partial charge in [-0.3, -0.25) is 4.90 Å². The average molecular weight is 219 g/mol. The normalized spacial score (nSPS) is 44.4. The summed E-state index contributed by atoms with van der Waals surface area (Å²) >= 11 is 0. The zero-order valence-electron chi connectivity index (χ0n) is 7.99. The number of carbonyl (C=O) groups is 1. The van der Waals surface area contributed by atoms with Gasteiger partial charge in [0.25, 0.3) is 0 Å². The van der Waals surface area contributed by atoms with Gasteiger partial charge in [-0.1, -0.05) is 0 Å². The summed E-state index contributed by atoms with van der Waals surface area (Å²) in [6, 6.07) is 0. The SMILES string of the molecule is Cl.O=C1NC[C@]2(CN3CCC2CC3)O1. The zero-order valence-corrected chi connectivity index (χ0v) is 8.81. The molecule has 0 unspecified atom stereocenters. The number of nitrogens with one attached hydrogen (secondary N) is 1. The first-order chi connectivity index (χ1) is 6.28. The molecule has 5 heteroatoms. The van der Waals surface area contributed by atoms with Crippen molar-refractivity contribution in [3.05, 3.63) is 0 Å². The lowest BCUT2D eigenvalue weighted by molar-refractivity contribution is -0.0883. The number of hydrogen-bond acceptors (Lipinski definition) is 3. The Morgan fingerprint density at radius 1 is 1.43 bits per heavy atom. The van der Waals surface area contributed by atoms with Crippen molar-refractivity contribution in [2.45, 2.75) is 18.4 Å². The maximum atomic E-state index is 11.0. The second kappa shape index (κ2) is 3.28. The van der Waals surface area contributed by atoms with Gasteiger partial charge in [0.1, 0.15) is 5.60 Å². The lowest BCUT2D eigenvalue weighted by atomic mass is 9.75. The lowest BCUT2D eigenvalue weighted by Crippen LogP contribution is -2.60. The standard InChI is InChI=1S/C9H14N2O2.ClH/c12-8-10-5-9(13-8)6-11-3-1-7(9)2-4-11;/h7H,1-6H2,(H,10,12);1H/t9-;/m1./s1. The molecule has 14 heavy (non-hydrogen) atoms. The van der Waals surface area contributed by atoms with Gasteiger partial charge >= 0.3 is 6.09 Å². The summed E-state index contributed by atoms with van der Waals surface area (Å²) in [5.41, 5.74) is -0.173. The molecule has 80 valence electrons. The number of amides is 1. The molecular formula is C9H15ClN2O2. The van der Waals surface area contributed by atoms with Crippen LogP contribution in [0.3, 0.4) is 0 Å². The van der Waals surface area contributed by atoms with Crippen molar-refractivity contribution >= 4 is 18.5 Å². The molecule has 0 aromatic heterocycles. The van der Waals surface area contributed by atoms with E-state index >= 15 is 0 Å². The van der Waals surface area contributed by atoms with E-state index in [1.807, 2.05) is 0 Å². The molecule has 4 saturated heterocycles. The molecule has 0 aromatic rings. The molecule has 1 atom stereocenters. The van der Waals surface area contributed by atoms with E-state index in [0.717, 1.165) is 6.54 Å². The van der Waals surface area contributed by atoms with Gasteiger partial charge in [-0.25, -0.2) is 4.79 Å². The number of halogens is 1. The topological polar surface area (TPSA) is 41.6 Å². The van der Waals surface area contributed by atoms with Crippen LogP contribution in [-0.4, -0.2) is 42.8 Å². The van der Waals surface area contributed by atoms with Gasteiger partial charge < -0.3 is 10.1 Å². The van der Waals surface area contributed by atoms with E-state index in [9.17, 15) is 4.79 Å². The van der Waals surface area contributed by atoms with Gasteiger partial charge in [0.2, 0.25) is 0 Å². The van der Waals surface area contributed by atoms with Gasteiger partial charge in [0.15, 0.2) is 0 Å². The Kier molecular flexibility index (Phi) is 2.35. The smallest absolute Gasteiger partial charge is 0.407 e. The number of hydrogen-bond donors (Lipinski definition) is 1. The molecule has 1 amide bonds. The Morgan fingerprint density at radius 3 is 2.57 bits per heavy atom. The summed E-state index contributed by atoms with van der Waals surface area (Å²) in [5.74, 6) is 0.594. The third-order valence-electron chi connectivity index (χ3n) is 3.65. The molecule has 1 spiro atoms. The predicted molar refractivity (Wildman–Crippen MR) is 53.6 cm³/mol. The minimum absolute atomic E-state index is 0. The van der Waals surface area contributed by atoms with Crippen LogP contribution in [0.15, 0.2) is 0 Å². The first-order valence-corrected chi connectivity index (χ1v) is 4.98. The van der Waals surface area contributed by atoms with Gasteiger partial charge in [-0.2, -0.15) is 0 Å². The highest BCUT2D eigenvalue weighted by molar-refractivity contribution is 5.85. The molecule has 4 fully saturated rings. The summed E-state index contributed by atoms with van der Waals surface area (Å²) < 4.78 is 5.43. The Morgan fingerprint density at radius 2 is 2.14 bits per heavy atom. The number of fused-ring (bicyclic) bond motifs is 2. The van der Waals surface area contributed by atoms with E-state index in [2.05, 4.69) is 10.2 Å². The number of alkyl carbamates (subject to hydrolysis) is 1. The van der Waals surface area contributed by atoms with Gasteiger partial charge in [-0.05, 0) is 25.9 Å². The van der Waals surface area contributed by atoms with Crippen LogP contribution >= 0.6 is 12.4 Å². The highest BCUT2D eigenvalue weighted by atomic mass is 35.5. The Balaban J connectivity index is 0.000000750. The predicted octanol–water partition coefficient (Wildman–Crippen LogP) is 0.612. The second-order valence-electron chi connectivity index (χ2n) is 4.36. The van der Waals surface area contributed by atoms with Crippen LogP contribution in [0, 0.1) is 5.92 Å². The molecule has 4 aliphatic rings. The third kappa shape index (κ3) is 1.28. The quantitative estimate of drug-likeness (QED) is 0.648. The van der Waals surface area contributed by atoms with Crippen molar-refractivity contribution < 1.29 is 9.53 Å². The van der Waals surface area contributed by atoms with Crippen LogP contribution in [0.2, 0.25) is 0 Å². The molecule has 0 aliphatic carbocycles. The minimum atomic E-state index is -0.228. The van der Waals surface area contributed by atoms with Crippen molar-refractivity contribution in [2.75, 3.05) is 26.2 Å². The fourth-order valence-electron chi connectivity index (χ4n) is 2.92. The largest absolute Gasteiger partial charge is 0.439 e. The molecule has 4 rings (SSSR count). The van der Waals surface area contributed by atoms with Gasteiger partial charge in [0, 0.05) is 12.5 Å². The highest BCUT2D eigenvalue weighted by Crippen LogP contribution is 2.39. The number of ether oxygens (including phenoxy) is 1. The maximum absolute atomic E-state index is 11.0. The van der Waals surface area contributed by atoms with E-state index in [1.54, 1.807) is 0 Å². The van der Waals surface area contributed by atoms with Gasteiger partial charge in [-0.15, -0.1) is 12.4 Å². The van der Waals surface area contributed by atoms with Crippen LogP contribution in [0.5, 0.6) is 0 Å². The molecule has 4 heterocycles. The van der Waals surface area contributed by atoms with Crippen molar-refractivity contribution in [3.63, 3.8) is 0 Å². The molecule has 1 N–H and O–H groups in total. The minimum Gasteiger partial charge on any atom is -0.439 e. The lowest BCUT2D eigenvalue weighted by Gasteiger charge is -2.49. The summed E-state index contributed by atoms with van der Waals surface area (Å²) in [7, 11) is 0. The second-order valence-corrected chi connectivity index (χ2v) is 4.36. The zero-order chi connectivity index (χ0) is 8.89. The fraction of sp³-hybridized carbons (Fsp3) is 0.889.